The third-order valence-corrected chi connectivity index (χ3v) is 5.59. The van der Waals surface area contributed by atoms with Gasteiger partial charge in [-0.2, -0.15) is 0 Å². The fraction of sp³-hybridized carbons (Fsp3) is 0.462. The Morgan fingerprint density at radius 3 is 2.73 bits per heavy atom. The van der Waals surface area contributed by atoms with Gasteiger partial charge in [0.1, 0.15) is 5.25 Å². The number of ether oxygens (including phenoxy) is 1. The Hall–Kier alpha value is -2.00. The number of fused-ring (bicyclic) bond motifs is 1. The maximum atomic E-state index is 12.7. The molecular weight excluding hydrogens is 308 g/mol. The normalized spacial score (nSPS) is 17.6. The van der Waals surface area contributed by atoms with E-state index in [1.54, 1.807) is 24.4 Å². The molecule has 1 aliphatic heterocycles. The van der Waals surface area contributed by atoms with Crippen molar-refractivity contribution in [2.45, 2.75) is 17.3 Å². The summed E-state index contributed by atoms with van der Waals surface area (Å²) >= 11 is 0. The Kier molecular flexibility index (Phi) is 3.83. The summed E-state index contributed by atoms with van der Waals surface area (Å²) in [6.45, 7) is 3.04. The van der Waals surface area contributed by atoms with Crippen molar-refractivity contribution in [1.82, 2.24) is 19.5 Å². The molecule has 8 nitrogen and oxygen atoms in total. The summed E-state index contributed by atoms with van der Waals surface area (Å²) in [5, 5.41) is 6.15. The molecule has 0 saturated carbocycles. The van der Waals surface area contributed by atoms with Crippen molar-refractivity contribution in [2.75, 3.05) is 26.3 Å². The molecule has 3 heterocycles. The van der Waals surface area contributed by atoms with Crippen LogP contribution in [0.1, 0.15) is 6.92 Å². The smallest absolute Gasteiger partial charge is 0.254 e. The summed E-state index contributed by atoms with van der Waals surface area (Å²) in [5.74, 6) is -0.434. The van der Waals surface area contributed by atoms with Crippen molar-refractivity contribution in [3.63, 3.8) is 0 Å². The van der Waals surface area contributed by atoms with Crippen LogP contribution in [0.3, 0.4) is 0 Å². The lowest BCUT2D eigenvalue weighted by atomic mass is 10.3. The minimum absolute atomic E-state index is 0.211. The molecule has 0 spiro atoms. The van der Waals surface area contributed by atoms with Crippen LogP contribution in [-0.2, 0) is 19.4 Å². The van der Waals surface area contributed by atoms with Gasteiger partial charge in [-0.25, -0.2) is 8.42 Å². The first-order chi connectivity index (χ1) is 10.5. The number of hydrogen-bond acceptors (Lipinski definition) is 6. The van der Waals surface area contributed by atoms with Crippen molar-refractivity contribution in [2.24, 2.45) is 0 Å². The topological polar surface area (TPSA) is 93.9 Å². The number of rotatable bonds is 3. The van der Waals surface area contributed by atoms with Crippen molar-refractivity contribution in [1.29, 1.82) is 0 Å². The molecule has 118 valence electrons. The predicted molar refractivity (Wildman–Crippen MR) is 77.0 cm³/mol. The second-order valence-electron chi connectivity index (χ2n) is 5.04. The third kappa shape index (κ3) is 2.46. The fourth-order valence-electron chi connectivity index (χ4n) is 2.35. The van der Waals surface area contributed by atoms with Gasteiger partial charge in [0.25, 0.3) is 5.16 Å². The molecule has 3 rings (SSSR count). The minimum atomic E-state index is -3.91. The molecule has 0 unspecified atom stereocenters. The van der Waals surface area contributed by atoms with Crippen LogP contribution >= 0.6 is 0 Å². The van der Waals surface area contributed by atoms with E-state index in [0.717, 1.165) is 0 Å². The van der Waals surface area contributed by atoms with Crippen molar-refractivity contribution in [3.8, 4) is 0 Å². The average Bonchev–Trinajstić information content (AvgIpc) is 2.99. The zero-order chi connectivity index (χ0) is 15.7. The Bertz CT molecular complexity index is 795. The lowest BCUT2D eigenvalue weighted by Gasteiger charge is -2.28. The van der Waals surface area contributed by atoms with Crippen molar-refractivity contribution >= 4 is 21.4 Å². The van der Waals surface area contributed by atoms with E-state index < -0.39 is 21.0 Å². The molecule has 0 N–H and O–H groups in total. The summed E-state index contributed by atoms with van der Waals surface area (Å²) in [6, 6.07) is 5.08. The van der Waals surface area contributed by atoms with Crippen LogP contribution in [-0.4, -0.2) is 65.4 Å². The number of morpholine rings is 1. The number of sulfone groups is 1. The highest BCUT2D eigenvalue weighted by molar-refractivity contribution is 7.92. The number of pyridine rings is 1. The number of amides is 1. The summed E-state index contributed by atoms with van der Waals surface area (Å²) in [6.07, 6.45) is 1.56. The highest BCUT2D eigenvalue weighted by Gasteiger charge is 2.36. The standard InChI is InChI=1S/C13H16N4O4S/c1-10(12(18)16-6-8-21-9-7-16)22(19,20)13-15-14-11-4-2-3-5-17(11)13/h2-5,10H,6-9H2,1H3/t10-/m1/s1. The van der Waals surface area contributed by atoms with Gasteiger partial charge >= 0.3 is 0 Å². The third-order valence-electron chi connectivity index (χ3n) is 3.67. The molecule has 22 heavy (non-hydrogen) atoms. The van der Waals surface area contributed by atoms with E-state index in [1.165, 1.54) is 16.2 Å². The fourth-order valence-corrected chi connectivity index (χ4v) is 3.66. The maximum absolute atomic E-state index is 12.7. The van der Waals surface area contributed by atoms with E-state index in [1.807, 2.05) is 0 Å². The van der Waals surface area contributed by atoms with Crippen LogP contribution in [0.4, 0.5) is 0 Å². The second kappa shape index (κ2) is 5.65. The summed E-state index contributed by atoms with van der Waals surface area (Å²) in [4.78, 5) is 13.9. The van der Waals surface area contributed by atoms with Gasteiger partial charge in [0.15, 0.2) is 5.65 Å². The van der Waals surface area contributed by atoms with Gasteiger partial charge in [0.05, 0.1) is 13.2 Å². The van der Waals surface area contributed by atoms with Gasteiger partial charge < -0.3 is 9.64 Å². The van der Waals surface area contributed by atoms with E-state index in [-0.39, 0.29) is 5.16 Å². The Balaban J connectivity index is 1.93. The van der Waals surface area contributed by atoms with Crippen LogP contribution in [0.25, 0.3) is 5.65 Å². The summed E-state index contributed by atoms with van der Waals surface area (Å²) in [5.41, 5.74) is 0.423. The molecule has 1 amide bonds. The summed E-state index contributed by atoms with van der Waals surface area (Å²) in [7, 11) is -3.91. The maximum Gasteiger partial charge on any atom is 0.254 e. The van der Waals surface area contributed by atoms with Gasteiger partial charge in [-0.05, 0) is 19.1 Å². The van der Waals surface area contributed by atoms with Gasteiger partial charge in [-0.1, -0.05) is 6.07 Å². The zero-order valence-electron chi connectivity index (χ0n) is 12.0. The van der Waals surface area contributed by atoms with Crippen LogP contribution < -0.4 is 0 Å². The van der Waals surface area contributed by atoms with E-state index in [0.29, 0.717) is 32.0 Å². The molecule has 0 radical (unpaired) electrons. The Labute approximate surface area is 127 Å². The van der Waals surface area contributed by atoms with Gasteiger partial charge in [-0.3, -0.25) is 9.20 Å². The molecule has 1 atom stereocenters. The van der Waals surface area contributed by atoms with E-state index in [9.17, 15) is 13.2 Å². The molecule has 0 aliphatic carbocycles. The molecule has 0 bridgehead atoms. The SMILES string of the molecule is C[C@H](C(=O)N1CCOCC1)S(=O)(=O)c1nnc2ccccn12. The van der Waals surface area contributed by atoms with Crippen molar-refractivity contribution < 1.29 is 17.9 Å². The highest BCUT2D eigenvalue weighted by atomic mass is 32.2. The number of hydrogen-bond donors (Lipinski definition) is 0. The zero-order valence-corrected chi connectivity index (χ0v) is 12.9. The first-order valence-corrected chi connectivity index (χ1v) is 8.46. The summed E-state index contributed by atoms with van der Waals surface area (Å²) < 4.78 is 31.9. The number of nitrogens with zero attached hydrogens (tertiary/aromatic N) is 4. The number of carbonyl (C=O) groups is 1. The quantitative estimate of drug-likeness (QED) is 0.773. The molecule has 0 aromatic carbocycles. The predicted octanol–water partition coefficient (Wildman–Crippen LogP) is -0.250. The van der Waals surface area contributed by atoms with Crippen molar-refractivity contribution in [3.05, 3.63) is 24.4 Å². The number of aromatic nitrogens is 3. The lowest BCUT2D eigenvalue weighted by molar-refractivity contribution is -0.134. The highest BCUT2D eigenvalue weighted by Crippen LogP contribution is 2.17. The van der Waals surface area contributed by atoms with Crippen LogP contribution in [0.5, 0.6) is 0 Å². The molecule has 9 heteroatoms. The molecule has 1 saturated heterocycles. The molecule has 2 aromatic heterocycles. The monoisotopic (exact) mass is 324 g/mol. The van der Waals surface area contributed by atoms with Crippen LogP contribution in [0, 0.1) is 0 Å². The van der Waals surface area contributed by atoms with E-state index >= 15 is 0 Å². The Morgan fingerprint density at radius 2 is 2.00 bits per heavy atom. The van der Waals surface area contributed by atoms with Crippen LogP contribution in [0.2, 0.25) is 0 Å². The first kappa shape index (κ1) is 14.9. The van der Waals surface area contributed by atoms with Gasteiger partial charge in [0.2, 0.25) is 15.7 Å². The van der Waals surface area contributed by atoms with Crippen LogP contribution in [0.15, 0.2) is 29.6 Å². The minimum Gasteiger partial charge on any atom is -0.378 e. The van der Waals surface area contributed by atoms with Gasteiger partial charge in [-0.15, -0.1) is 10.2 Å². The van der Waals surface area contributed by atoms with Gasteiger partial charge in [0, 0.05) is 19.3 Å². The Morgan fingerprint density at radius 1 is 1.27 bits per heavy atom. The van der Waals surface area contributed by atoms with E-state index in [4.69, 9.17) is 4.74 Å². The lowest BCUT2D eigenvalue weighted by Crippen LogP contribution is -2.47. The largest absolute Gasteiger partial charge is 0.378 e. The first-order valence-electron chi connectivity index (χ1n) is 6.92. The molecular formula is C13H16N4O4S. The average molecular weight is 324 g/mol. The molecule has 1 fully saturated rings. The molecule has 2 aromatic rings. The molecule has 1 aliphatic rings. The number of carbonyl (C=O) groups excluding carboxylic acids is 1. The van der Waals surface area contributed by atoms with E-state index in [2.05, 4.69) is 10.2 Å². The second-order valence-corrected chi connectivity index (χ2v) is 7.20.